The predicted molar refractivity (Wildman–Crippen MR) is 53.2 cm³/mol. The van der Waals surface area contributed by atoms with E-state index >= 15 is 0 Å². The molecule has 0 aliphatic carbocycles. The Morgan fingerprint density at radius 1 is 1.54 bits per heavy atom. The Kier molecular flexibility index (Phi) is 3.40. The molecule has 0 aliphatic rings. The van der Waals surface area contributed by atoms with Crippen molar-refractivity contribution in [1.82, 2.24) is 4.98 Å². The van der Waals surface area contributed by atoms with Gasteiger partial charge in [-0.1, -0.05) is 0 Å². The van der Waals surface area contributed by atoms with Gasteiger partial charge >= 0.3 is 0 Å². The van der Waals surface area contributed by atoms with Gasteiger partial charge in [-0.15, -0.1) is 0 Å². The van der Waals surface area contributed by atoms with Crippen LogP contribution in [0.5, 0.6) is 5.75 Å². The van der Waals surface area contributed by atoms with Gasteiger partial charge in [-0.25, -0.2) is 8.78 Å². The summed E-state index contributed by atoms with van der Waals surface area (Å²) in [5.41, 5.74) is 0.541. The minimum absolute atomic E-state index is 0.0805. The SMILES string of the molecule is COc1c(C)ncc(C(F)F)c1I. The van der Waals surface area contributed by atoms with E-state index in [0.29, 0.717) is 15.0 Å². The van der Waals surface area contributed by atoms with E-state index in [1.165, 1.54) is 13.3 Å². The molecule has 0 bridgehead atoms. The maximum absolute atomic E-state index is 12.4. The lowest BCUT2D eigenvalue weighted by Crippen LogP contribution is -1.99. The van der Waals surface area contributed by atoms with Crippen LogP contribution in [0.1, 0.15) is 17.7 Å². The molecule has 1 heterocycles. The number of aromatic nitrogens is 1. The molecule has 0 atom stereocenters. The number of aryl methyl sites for hydroxylation is 1. The highest BCUT2D eigenvalue weighted by atomic mass is 127. The number of halogens is 3. The molecule has 0 aromatic carbocycles. The molecule has 0 saturated carbocycles. The van der Waals surface area contributed by atoms with E-state index in [1.807, 2.05) is 22.6 Å². The van der Waals surface area contributed by atoms with Crippen LogP contribution in [-0.4, -0.2) is 12.1 Å². The van der Waals surface area contributed by atoms with Crippen molar-refractivity contribution in [2.45, 2.75) is 13.3 Å². The first kappa shape index (κ1) is 10.6. The molecule has 2 nitrogen and oxygen atoms in total. The molecule has 0 amide bonds. The minimum atomic E-state index is -2.51. The summed E-state index contributed by atoms with van der Waals surface area (Å²) in [7, 11) is 1.45. The molecule has 1 rings (SSSR count). The Morgan fingerprint density at radius 2 is 2.15 bits per heavy atom. The summed E-state index contributed by atoms with van der Waals surface area (Å²) in [5, 5.41) is 0. The van der Waals surface area contributed by atoms with Gasteiger partial charge in [0.1, 0.15) is 0 Å². The lowest BCUT2D eigenvalue weighted by Gasteiger charge is -2.09. The number of rotatable bonds is 2. The fourth-order valence-electron chi connectivity index (χ4n) is 0.961. The number of ether oxygens (including phenoxy) is 1. The van der Waals surface area contributed by atoms with Gasteiger partial charge in [0, 0.05) is 6.20 Å². The molecule has 5 heteroatoms. The molecule has 0 radical (unpaired) electrons. The van der Waals surface area contributed by atoms with Crippen molar-refractivity contribution >= 4 is 22.6 Å². The zero-order valence-electron chi connectivity index (χ0n) is 7.14. The van der Waals surface area contributed by atoms with E-state index < -0.39 is 6.43 Å². The van der Waals surface area contributed by atoms with Crippen LogP contribution in [0.2, 0.25) is 0 Å². The lowest BCUT2D eigenvalue weighted by molar-refractivity contribution is 0.149. The highest BCUT2D eigenvalue weighted by molar-refractivity contribution is 14.1. The molecule has 1 aromatic heterocycles. The normalized spacial score (nSPS) is 10.6. The first-order valence-electron chi connectivity index (χ1n) is 3.55. The predicted octanol–water partition coefficient (Wildman–Crippen LogP) is 2.94. The average Bonchev–Trinajstić information content (AvgIpc) is 2.04. The van der Waals surface area contributed by atoms with Gasteiger partial charge in [0.2, 0.25) is 0 Å². The van der Waals surface area contributed by atoms with Gasteiger partial charge in [-0.2, -0.15) is 0 Å². The molecular weight excluding hydrogens is 291 g/mol. The second kappa shape index (κ2) is 4.17. The number of hydrogen-bond donors (Lipinski definition) is 0. The Bertz CT molecular complexity index is 317. The van der Waals surface area contributed by atoms with Crippen molar-refractivity contribution < 1.29 is 13.5 Å². The van der Waals surface area contributed by atoms with E-state index in [4.69, 9.17) is 4.74 Å². The van der Waals surface area contributed by atoms with Crippen molar-refractivity contribution in [2.24, 2.45) is 0 Å². The van der Waals surface area contributed by atoms with Gasteiger partial charge in [-0.05, 0) is 29.5 Å². The molecule has 13 heavy (non-hydrogen) atoms. The number of hydrogen-bond acceptors (Lipinski definition) is 2. The molecular formula is C8H8F2INO. The molecule has 1 aromatic rings. The summed E-state index contributed by atoms with van der Waals surface area (Å²) in [6.45, 7) is 1.72. The standard InChI is InChI=1S/C8H8F2INO/c1-4-7(13-2)6(11)5(3-12-4)8(9)10/h3,8H,1-2H3. The third kappa shape index (κ3) is 2.07. The van der Waals surface area contributed by atoms with Crippen molar-refractivity contribution in [1.29, 1.82) is 0 Å². The fraction of sp³-hybridized carbons (Fsp3) is 0.375. The van der Waals surface area contributed by atoms with Crippen molar-refractivity contribution in [2.75, 3.05) is 7.11 Å². The largest absolute Gasteiger partial charge is 0.494 e. The average molecular weight is 299 g/mol. The highest BCUT2D eigenvalue weighted by Crippen LogP contribution is 2.31. The number of methoxy groups -OCH3 is 1. The van der Waals surface area contributed by atoms with Crippen LogP contribution in [-0.2, 0) is 0 Å². The van der Waals surface area contributed by atoms with E-state index in [1.54, 1.807) is 6.92 Å². The quantitative estimate of drug-likeness (QED) is 0.783. The van der Waals surface area contributed by atoms with Crippen LogP contribution in [0.25, 0.3) is 0 Å². The summed E-state index contributed by atoms with van der Waals surface area (Å²) in [6.07, 6.45) is -1.32. The third-order valence-corrected chi connectivity index (χ3v) is 2.73. The summed E-state index contributed by atoms with van der Waals surface area (Å²) >= 11 is 1.84. The number of alkyl halides is 2. The monoisotopic (exact) mass is 299 g/mol. The Labute approximate surface area is 88.5 Å². The summed E-state index contributed by atoms with van der Waals surface area (Å²) in [4.78, 5) is 3.82. The number of pyridine rings is 1. The lowest BCUT2D eigenvalue weighted by atomic mass is 10.2. The van der Waals surface area contributed by atoms with E-state index in [-0.39, 0.29) is 5.56 Å². The highest BCUT2D eigenvalue weighted by Gasteiger charge is 2.17. The summed E-state index contributed by atoms with van der Waals surface area (Å²) in [5.74, 6) is 0.429. The molecule has 0 N–H and O–H groups in total. The third-order valence-electron chi connectivity index (χ3n) is 1.62. The van der Waals surface area contributed by atoms with Crippen LogP contribution < -0.4 is 4.74 Å². The van der Waals surface area contributed by atoms with E-state index in [2.05, 4.69) is 4.98 Å². The van der Waals surface area contributed by atoms with Crippen molar-refractivity contribution in [3.05, 3.63) is 21.0 Å². The maximum Gasteiger partial charge on any atom is 0.266 e. The van der Waals surface area contributed by atoms with Gasteiger partial charge in [0.05, 0.1) is 21.9 Å². The van der Waals surface area contributed by atoms with Crippen LogP contribution in [0.4, 0.5) is 8.78 Å². The van der Waals surface area contributed by atoms with Crippen LogP contribution in [0, 0.1) is 10.5 Å². The molecule has 0 spiro atoms. The first-order valence-corrected chi connectivity index (χ1v) is 4.63. The zero-order valence-corrected chi connectivity index (χ0v) is 9.30. The van der Waals surface area contributed by atoms with Crippen molar-refractivity contribution in [3.63, 3.8) is 0 Å². The molecule has 0 unspecified atom stereocenters. The van der Waals surface area contributed by atoms with E-state index in [9.17, 15) is 8.78 Å². The smallest absolute Gasteiger partial charge is 0.266 e. The maximum atomic E-state index is 12.4. The number of nitrogens with zero attached hydrogens (tertiary/aromatic N) is 1. The van der Waals surface area contributed by atoms with Gasteiger partial charge in [0.25, 0.3) is 6.43 Å². The topological polar surface area (TPSA) is 22.1 Å². The Balaban J connectivity index is 3.27. The summed E-state index contributed by atoms with van der Waals surface area (Å²) < 4.78 is 30.1. The van der Waals surface area contributed by atoms with Crippen LogP contribution in [0.3, 0.4) is 0 Å². The van der Waals surface area contributed by atoms with Gasteiger partial charge < -0.3 is 4.74 Å². The second-order valence-corrected chi connectivity index (χ2v) is 3.53. The van der Waals surface area contributed by atoms with E-state index in [0.717, 1.165) is 0 Å². The van der Waals surface area contributed by atoms with Crippen LogP contribution >= 0.6 is 22.6 Å². The van der Waals surface area contributed by atoms with Gasteiger partial charge in [0.15, 0.2) is 5.75 Å². The Hall–Kier alpha value is -0.460. The minimum Gasteiger partial charge on any atom is -0.494 e. The molecule has 72 valence electrons. The van der Waals surface area contributed by atoms with Crippen LogP contribution in [0.15, 0.2) is 6.20 Å². The summed E-state index contributed by atoms with van der Waals surface area (Å²) in [6, 6.07) is 0. The molecule has 0 fully saturated rings. The van der Waals surface area contributed by atoms with Crippen molar-refractivity contribution in [3.8, 4) is 5.75 Å². The fourth-order valence-corrected chi connectivity index (χ4v) is 1.95. The first-order chi connectivity index (χ1) is 6.07. The molecule has 0 aliphatic heterocycles. The Morgan fingerprint density at radius 3 is 2.62 bits per heavy atom. The molecule has 0 saturated heterocycles. The van der Waals surface area contributed by atoms with Gasteiger partial charge in [-0.3, -0.25) is 4.98 Å². The zero-order chi connectivity index (χ0) is 10.0. The second-order valence-electron chi connectivity index (χ2n) is 2.45.